The molecule has 21 heavy (non-hydrogen) atoms. The van der Waals surface area contributed by atoms with E-state index in [0.717, 1.165) is 29.0 Å². The number of nitrogens with zero attached hydrogens (tertiary/aromatic N) is 3. The average Bonchev–Trinajstić information content (AvgIpc) is 2.98. The van der Waals surface area contributed by atoms with Gasteiger partial charge in [-0.15, -0.1) is 11.3 Å². The van der Waals surface area contributed by atoms with Gasteiger partial charge >= 0.3 is 0 Å². The summed E-state index contributed by atoms with van der Waals surface area (Å²) in [4.78, 5) is 13.2. The van der Waals surface area contributed by atoms with Crippen molar-refractivity contribution in [1.29, 1.82) is 0 Å². The number of aromatic nitrogens is 2. The van der Waals surface area contributed by atoms with E-state index >= 15 is 0 Å². The molecule has 1 aliphatic heterocycles. The van der Waals surface area contributed by atoms with Crippen molar-refractivity contribution >= 4 is 33.3 Å². The summed E-state index contributed by atoms with van der Waals surface area (Å²) in [5, 5.41) is 23.7. The van der Waals surface area contributed by atoms with Crippen molar-refractivity contribution in [3.8, 4) is 0 Å². The maximum atomic E-state index is 9.77. The molecule has 7 heteroatoms. The lowest BCUT2D eigenvalue weighted by atomic mass is 10.3. The quantitative estimate of drug-likeness (QED) is 0.791. The van der Waals surface area contributed by atoms with Crippen LogP contribution < -0.4 is 10.2 Å². The number of aliphatic hydroxyl groups excluding tert-OH is 2. The Morgan fingerprint density at radius 1 is 1.33 bits per heavy atom. The maximum absolute atomic E-state index is 9.77. The largest absolute Gasteiger partial charge is 0.389 e. The fourth-order valence-corrected chi connectivity index (χ4v) is 3.40. The Hall–Kier alpha value is -1.44. The zero-order chi connectivity index (χ0) is 15.0. The van der Waals surface area contributed by atoms with E-state index < -0.39 is 12.2 Å². The summed E-state index contributed by atoms with van der Waals surface area (Å²) in [6.45, 7) is 5.75. The second kappa shape index (κ2) is 5.75. The number of β-amino-alcohol motifs (C(OH)–C–C–N with tert-alkyl or cyclic N) is 2. The molecule has 2 aromatic heterocycles. The molecule has 3 N–H and O–H groups in total. The molecule has 2 aromatic rings. The van der Waals surface area contributed by atoms with Gasteiger partial charge in [0.15, 0.2) is 0 Å². The molecule has 0 aromatic carbocycles. The van der Waals surface area contributed by atoms with Crippen molar-refractivity contribution in [2.45, 2.75) is 32.5 Å². The van der Waals surface area contributed by atoms with E-state index in [1.54, 1.807) is 11.3 Å². The fourth-order valence-electron chi connectivity index (χ4n) is 2.53. The minimum atomic E-state index is -0.721. The second-order valence-electron chi connectivity index (χ2n) is 5.41. The minimum Gasteiger partial charge on any atom is -0.389 e. The van der Waals surface area contributed by atoms with Crippen molar-refractivity contribution in [1.82, 2.24) is 9.97 Å². The summed E-state index contributed by atoms with van der Waals surface area (Å²) in [5.41, 5.74) is 0. The van der Waals surface area contributed by atoms with Crippen LogP contribution in [0.5, 0.6) is 0 Å². The number of aliphatic hydroxyl groups is 2. The molecule has 2 unspecified atom stereocenters. The Labute approximate surface area is 127 Å². The Bertz CT molecular complexity index is 635. The Morgan fingerprint density at radius 2 is 2.05 bits per heavy atom. The van der Waals surface area contributed by atoms with Gasteiger partial charge in [0.25, 0.3) is 0 Å². The van der Waals surface area contributed by atoms with E-state index in [1.807, 2.05) is 11.8 Å². The third kappa shape index (κ3) is 2.81. The maximum Gasteiger partial charge on any atom is 0.226 e. The highest BCUT2D eigenvalue weighted by Gasteiger charge is 2.31. The number of hydrogen-bond donors (Lipinski definition) is 3. The normalized spacial score (nSPS) is 22.2. The molecule has 1 saturated heterocycles. The highest BCUT2D eigenvalue weighted by molar-refractivity contribution is 7.18. The van der Waals surface area contributed by atoms with Gasteiger partial charge in [0.2, 0.25) is 5.95 Å². The second-order valence-corrected chi connectivity index (χ2v) is 6.65. The van der Waals surface area contributed by atoms with Crippen LogP contribution in [0.2, 0.25) is 0 Å². The lowest BCUT2D eigenvalue weighted by molar-refractivity contribution is 0.0572. The van der Waals surface area contributed by atoms with Crippen LogP contribution in [0.1, 0.15) is 18.2 Å². The van der Waals surface area contributed by atoms with Gasteiger partial charge in [-0.05, 0) is 19.4 Å². The fraction of sp³-hybridized carbons (Fsp3) is 0.571. The first-order valence-electron chi connectivity index (χ1n) is 7.21. The van der Waals surface area contributed by atoms with Crippen molar-refractivity contribution in [3.63, 3.8) is 0 Å². The van der Waals surface area contributed by atoms with Crippen LogP contribution in [0.3, 0.4) is 0 Å². The van der Waals surface area contributed by atoms with Crippen LogP contribution in [0, 0.1) is 6.92 Å². The molecule has 114 valence electrons. The van der Waals surface area contributed by atoms with Gasteiger partial charge in [-0.1, -0.05) is 6.92 Å². The number of rotatable bonds is 4. The van der Waals surface area contributed by atoms with Crippen LogP contribution in [0.4, 0.5) is 11.8 Å². The van der Waals surface area contributed by atoms with Gasteiger partial charge in [0, 0.05) is 24.5 Å². The summed E-state index contributed by atoms with van der Waals surface area (Å²) in [6, 6.07) is 2.07. The molecular formula is C14H20N4O2S. The minimum absolute atomic E-state index is 0.398. The smallest absolute Gasteiger partial charge is 0.226 e. The third-order valence-corrected chi connectivity index (χ3v) is 4.53. The summed E-state index contributed by atoms with van der Waals surface area (Å²) < 4.78 is 0. The predicted octanol–water partition coefficient (Wildman–Crippen LogP) is 1.36. The summed E-state index contributed by atoms with van der Waals surface area (Å²) in [6.07, 6.45) is -0.440. The molecule has 3 rings (SSSR count). The van der Waals surface area contributed by atoms with Crippen molar-refractivity contribution in [3.05, 3.63) is 10.9 Å². The molecule has 0 spiro atoms. The van der Waals surface area contributed by atoms with Gasteiger partial charge in [0.1, 0.15) is 10.6 Å². The molecule has 1 aliphatic rings. The molecule has 0 amide bonds. The van der Waals surface area contributed by atoms with Gasteiger partial charge in [-0.2, -0.15) is 4.98 Å². The molecule has 0 aliphatic carbocycles. The number of thiophene rings is 1. The zero-order valence-electron chi connectivity index (χ0n) is 12.2. The van der Waals surface area contributed by atoms with E-state index in [1.165, 1.54) is 4.88 Å². The Kier molecular flexibility index (Phi) is 3.97. The highest BCUT2D eigenvalue weighted by atomic mass is 32.1. The van der Waals surface area contributed by atoms with E-state index in [0.29, 0.717) is 19.0 Å². The number of aryl methyl sites for hydroxylation is 1. The third-order valence-electron chi connectivity index (χ3n) is 3.59. The summed E-state index contributed by atoms with van der Waals surface area (Å²) in [5.74, 6) is 1.40. The monoisotopic (exact) mass is 308 g/mol. The number of nitrogens with one attached hydrogen (secondary N) is 1. The molecule has 1 fully saturated rings. The van der Waals surface area contributed by atoms with Gasteiger partial charge in [-0.3, -0.25) is 0 Å². The SMILES string of the molecule is CCCNc1nc(N2CC(O)C(O)C2)c2cc(C)sc2n1. The van der Waals surface area contributed by atoms with E-state index in [4.69, 9.17) is 0 Å². The van der Waals surface area contributed by atoms with Gasteiger partial charge in [0.05, 0.1) is 17.6 Å². The van der Waals surface area contributed by atoms with Crippen LogP contribution in [0.25, 0.3) is 10.2 Å². The molecule has 0 radical (unpaired) electrons. The molecule has 0 saturated carbocycles. The van der Waals surface area contributed by atoms with Crippen LogP contribution >= 0.6 is 11.3 Å². The molecule has 0 bridgehead atoms. The van der Waals surface area contributed by atoms with Crippen LogP contribution in [-0.4, -0.2) is 52.0 Å². The van der Waals surface area contributed by atoms with E-state index in [9.17, 15) is 10.2 Å². The van der Waals surface area contributed by atoms with Crippen molar-refractivity contribution < 1.29 is 10.2 Å². The number of hydrogen-bond acceptors (Lipinski definition) is 7. The summed E-state index contributed by atoms with van der Waals surface area (Å²) >= 11 is 1.63. The molecular weight excluding hydrogens is 288 g/mol. The highest BCUT2D eigenvalue weighted by Crippen LogP contribution is 2.33. The van der Waals surface area contributed by atoms with Crippen LogP contribution in [-0.2, 0) is 0 Å². The topological polar surface area (TPSA) is 81.5 Å². The van der Waals surface area contributed by atoms with Gasteiger partial charge in [-0.25, -0.2) is 4.98 Å². The number of anilines is 2. The first-order chi connectivity index (χ1) is 10.1. The Morgan fingerprint density at radius 3 is 2.71 bits per heavy atom. The summed E-state index contributed by atoms with van der Waals surface area (Å²) in [7, 11) is 0. The lowest BCUT2D eigenvalue weighted by Crippen LogP contribution is -2.23. The molecule has 6 nitrogen and oxygen atoms in total. The van der Waals surface area contributed by atoms with Crippen LogP contribution in [0.15, 0.2) is 6.07 Å². The first kappa shape index (κ1) is 14.5. The van der Waals surface area contributed by atoms with E-state index in [-0.39, 0.29) is 0 Å². The molecule has 3 heterocycles. The van der Waals surface area contributed by atoms with E-state index in [2.05, 4.69) is 28.3 Å². The van der Waals surface area contributed by atoms with Crippen molar-refractivity contribution in [2.24, 2.45) is 0 Å². The number of fused-ring (bicyclic) bond motifs is 1. The first-order valence-corrected chi connectivity index (χ1v) is 8.03. The van der Waals surface area contributed by atoms with Crippen molar-refractivity contribution in [2.75, 3.05) is 29.9 Å². The lowest BCUT2D eigenvalue weighted by Gasteiger charge is -2.18. The zero-order valence-corrected chi connectivity index (χ0v) is 13.0. The van der Waals surface area contributed by atoms with Gasteiger partial charge < -0.3 is 20.4 Å². The Balaban J connectivity index is 2.02. The average molecular weight is 308 g/mol. The standard InChI is InChI=1S/C14H20N4O2S/c1-3-4-15-14-16-12(18-6-10(19)11(20)7-18)9-5-8(2)21-13(9)17-14/h5,10-11,19-20H,3-4,6-7H2,1-2H3,(H,15,16,17). The molecule has 2 atom stereocenters. The predicted molar refractivity (Wildman–Crippen MR) is 85.2 cm³/mol.